The van der Waals surface area contributed by atoms with Gasteiger partial charge in [-0.25, -0.2) is 0 Å². The molecule has 0 fully saturated rings. The zero-order chi connectivity index (χ0) is 15.8. The van der Waals surface area contributed by atoms with Gasteiger partial charge in [0.1, 0.15) is 6.04 Å². The smallest absolute Gasteiger partial charge is 0.251 e. The summed E-state index contributed by atoms with van der Waals surface area (Å²) in [6.07, 6.45) is 0. The Morgan fingerprint density at radius 2 is 1.68 bits per heavy atom. The number of hydrogen-bond donors (Lipinski definition) is 3. The molecule has 1 atom stereocenters. The fourth-order valence-corrected chi connectivity index (χ4v) is 1.89. The van der Waals surface area contributed by atoms with Crippen LogP contribution >= 0.6 is 12.4 Å². The molecule has 0 saturated carbocycles. The summed E-state index contributed by atoms with van der Waals surface area (Å²) in [6.45, 7) is 7.03. The molecule has 1 rings (SSSR count). The van der Waals surface area contributed by atoms with Crippen LogP contribution in [-0.4, -0.2) is 38.0 Å². The third-order valence-corrected chi connectivity index (χ3v) is 3.22. The number of aryl methyl sites for hydroxylation is 1. The van der Waals surface area contributed by atoms with Gasteiger partial charge >= 0.3 is 0 Å². The summed E-state index contributed by atoms with van der Waals surface area (Å²) < 4.78 is 0. The van der Waals surface area contributed by atoms with Gasteiger partial charge in [0.2, 0.25) is 5.91 Å². The van der Waals surface area contributed by atoms with Crippen molar-refractivity contribution >= 4 is 24.2 Å². The Hall–Kier alpha value is -1.59. The van der Waals surface area contributed by atoms with Crippen molar-refractivity contribution in [2.45, 2.75) is 26.8 Å². The minimum Gasteiger partial charge on any atom is -0.353 e. The van der Waals surface area contributed by atoms with Crippen molar-refractivity contribution in [3.05, 3.63) is 35.4 Å². The summed E-state index contributed by atoms with van der Waals surface area (Å²) in [5.74, 6) is -0.354. The Morgan fingerprint density at radius 3 is 2.18 bits per heavy atom. The molecule has 0 spiro atoms. The summed E-state index contributed by atoms with van der Waals surface area (Å²) in [5, 5.41) is 8.58. The number of benzene rings is 1. The van der Waals surface area contributed by atoms with Crippen molar-refractivity contribution in [3.8, 4) is 0 Å². The van der Waals surface area contributed by atoms with E-state index >= 15 is 0 Å². The third kappa shape index (κ3) is 6.45. The molecule has 6 heteroatoms. The first-order chi connectivity index (χ1) is 9.95. The number of hydrogen-bond acceptors (Lipinski definition) is 3. The van der Waals surface area contributed by atoms with E-state index in [9.17, 15) is 9.59 Å². The second kappa shape index (κ2) is 10.2. The van der Waals surface area contributed by atoms with Crippen molar-refractivity contribution < 1.29 is 9.59 Å². The predicted molar refractivity (Wildman–Crippen MR) is 91.5 cm³/mol. The van der Waals surface area contributed by atoms with Crippen LogP contribution < -0.4 is 16.0 Å². The van der Waals surface area contributed by atoms with Gasteiger partial charge in [0.05, 0.1) is 0 Å². The standard InChI is InChI=1S/C16H25N3O2.ClH/c1-11(2)14(16(21)18-10-9-17-4)19-15(20)13-7-5-12(3)6-8-13;/h5-8,11,14,17H,9-10H2,1-4H3,(H,18,21)(H,19,20);1H. The van der Waals surface area contributed by atoms with E-state index in [0.29, 0.717) is 18.7 Å². The van der Waals surface area contributed by atoms with Crippen molar-refractivity contribution in [1.82, 2.24) is 16.0 Å². The van der Waals surface area contributed by atoms with Crippen LogP contribution in [0.1, 0.15) is 29.8 Å². The number of carbonyl (C=O) groups excluding carboxylic acids is 2. The first-order valence-corrected chi connectivity index (χ1v) is 7.25. The summed E-state index contributed by atoms with van der Waals surface area (Å²) in [4.78, 5) is 24.3. The zero-order valence-electron chi connectivity index (χ0n) is 13.6. The van der Waals surface area contributed by atoms with Gasteiger partial charge in [0, 0.05) is 18.7 Å². The lowest BCUT2D eigenvalue weighted by Gasteiger charge is -2.21. The van der Waals surface area contributed by atoms with E-state index in [1.165, 1.54) is 0 Å². The highest BCUT2D eigenvalue weighted by molar-refractivity contribution is 5.97. The minimum absolute atomic E-state index is 0. The van der Waals surface area contributed by atoms with Crippen LogP contribution in [0.4, 0.5) is 0 Å². The monoisotopic (exact) mass is 327 g/mol. The number of nitrogens with one attached hydrogen (secondary N) is 3. The molecule has 1 unspecified atom stereocenters. The van der Waals surface area contributed by atoms with Gasteiger partial charge in [-0.3, -0.25) is 9.59 Å². The van der Waals surface area contributed by atoms with Crippen LogP contribution in [0.2, 0.25) is 0 Å². The van der Waals surface area contributed by atoms with E-state index < -0.39 is 6.04 Å². The van der Waals surface area contributed by atoms with E-state index in [4.69, 9.17) is 0 Å². The van der Waals surface area contributed by atoms with E-state index in [-0.39, 0.29) is 30.1 Å². The predicted octanol–water partition coefficient (Wildman–Crippen LogP) is 1.51. The quantitative estimate of drug-likeness (QED) is 0.665. The Bertz CT molecular complexity index is 475. The summed E-state index contributed by atoms with van der Waals surface area (Å²) in [7, 11) is 1.82. The summed E-state index contributed by atoms with van der Waals surface area (Å²) in [5.41, 5.74) is 1.66. The third-order valence-electron chi connectivity index (χ3n) is 3.22. The molecule has 1 aromatic carbocycles. The Labute approximate surface area is 138 Å². The topological polar surface area (TPSA) is 70.2 Å². The van der Waals surface area contributed by atoms with Gasteiger partial charge < -0.3 is 16.0 Å². The van der Waals surface area contributed by atoms with Gasteiger partial charge in [-0.05, 0) is 32.0 Å². The van der Waals surface area contributed by atoms with Gasteiger partial charge in [0.15, 0.2) is 0 Å². The summed E-state index contributed by atoms with van der Waals surface area (Å²) in [6, 6.07) is 6.76. The maximum absolute atomic E-state index is 12.2. The average Bonchev–Trinajstić information content (AvgIpc) is 2.45. The molecule has 3 N–H and O–H groups in total. The first kappa shape index (κ1) is 20.4. The van der Waals surface area contributed by atoms with Crippen LogP contribution in [0.15, 0.2) is 24.3 Å². The molecule has 0 bridgehead atoms. The first-order valence-electron chi connectivity index (χ1n) is 7.25. The highest BCUT2D eigenvalue weighted by atomic mass is 35.5. The Morgan fingerprint density at radius 1 is 1.09 bits per heavy atom. The highest BCUT2D eigenvalue weighted by Crippen LogP contribution is 2.06. The number of carbonyl (C=O) groups is 2. The second-order valence-corrected chi connectivity index (χ2v) is 5.46. The summed E-state index contributed by atoms with van der Waals surface area (Å²) >= 11 is 0. The number of likely N-dealkylation sites (N-methyl/N-ethyl adjacent to an activating group) is 1. The number of halogens is 1. The molecule has 0 saturated heterocycles. The van der Waals surface area contributed by atoms with E-state index in [1.807, 2.05) is 40.0 Å². The van der Waals surface area contributed by atoms with Crippen LogP contribution in [0, 0.1) is 12.8 Å². The van der Waals surface area contributed by atoms with Gasteiger partial charge in [-0.2, -0.15) is 0 Å². The molecule has 0 aliphatic heterocycles. The molecule has 0 aliphatic rings. The lowest BCUT2D eigenvalue weighted by Crippen LogP contribution is -2.50. The molecule has 124 valence electrons. The Balaban J connectivity index is 0.00000441. The second-order valence-electron chi connectivity index (χ2n) is 5.46. The molecule has 0 aromatic heterocycles. The maximum Gasteiger partial charge on any atom is 0.251 e. The van der Waals surface area contributed by atoms with E-state index in [2.05, 4.69) is 16.0 Å². The van der Waals surface area contributed by atoms with Crippen LogP contribution in [-0.2, 0) is 4.79 Å². The lowest BCUT2D eigenvalue weighted by atomic mass is 10.0. The molecule has 2 amide bonds. The van der Waals surface area contributed by atoms with E-state index in [0.717, 1.165) is 5.56 Å². The fraction of sp³-hybridized carbons (Fsp3) is 0.500. The molecule has 1 aromatic rings. The van der Waals surface area contributed by atoms with Crippen LogP contribution in [0.5, 0.6) is 0 Å². The zero-order valence-corrected chi connectivity index (χ0v) is 14.4. The lowest BCUT2D eigenvalue weighted by molar-refractivity contribution is -0.123. The van der Waals surface area contributed by atoms with Crippen molar-refractivity contribution in [3.63, 3.8) is 0 Å². The molecule has 0 radical (unpaired) electrons. The molecular weight excluding hydrogens is 302 g/mol. The van der Waals surface area contributed by atoms with Crippen LogP contribution in [0.25, 0.3) is 0 Å². The van der Waals surface area contributed by atoms with Crippen molar-refractivity contribution in [2.24, 2.45) is 5.92 Å². The SMILES string of the molecule is CNCCNC(=O)C(NC(=O)c1ccc(C)cc1)C(C)C.Cl. The maximum atomic E-state index is 12.2. The van der Waals surface area contributed by atoms with Crippen LogP contribution in [0.3, 0.4) is 0 Å². The highest BCUT2D eigenvalue weighted by Gasteiger charge is 2.24. The Kier molecular flexibility index (Phi) is 9.45. The number of rotatable bonds is 7. The van der Waals surface area contributed by atoms with Gasteiger partial charge in [0.25, 0.3) is 5.91 Å². The molecule has 0 aliphatic carbocycles. The fourth-order valence-electron chi connectivity index (χ4n) is 1.89. The van der Waals surface area contributed by atoms with Gasteiger partial charge in [-0.15, -0.1) is 12.4 Å². The molecule has 22 heavy (non-hydrogen) atoms. The van der Waals surface area contributed by atoms with Gasteiger partial charge in [-0.1, -0.05) is 31.5 Å². The molecule has 0 heterocycles. The largest absolute Gasteiger partial charge is 0.353 e. The average molecular weight is 328 g/mol. The molecular formula is C16H26ClN3O2. The minimum atomic E-state index is -0.532. The number of amides is 2. The van der Waals surface area contributed by atoms with Crippen molar-refractivity contribution in [1.29, 1.82) is 0 Å². The molecule has 5 nitrogen and oxygen atoms in total. The van der Waals surface area contributed by atoms with E-state index in [1.54, 1.807) is 12.1 Å². The normalized spacial score (nSPS) is 11.5. The van der Waals surface area contributed by atoms with Crippen molar-refractivity contribution in [2.75, 3.05) is 20.1 Å².